The number of carbonyl (C=O) groups is 1. The average molecular weight is 240 g/mol. The van der Waals surface area contributed by atoms with Crippen molar-refractivity contribution in [2.75, 3.05) is 13.1 Å². The highest BCUT2D eigenvalue weighted by molar-refractivity contribution is 7.87. The molecule has 0 saturated carbocycles. The van der Waals surface area contributed by atoms with Crippen molar-refractivity contribution >= 4 is 16.2 Å². The van der Waals surface area contributed by atoms with E-state index in [1.54, 1.807) is 0 Å². The van der Waals surface area contributed by atoms with Crippen molar-refractivity contribution in [3.63, 3.8) is 0 Å². The molecule has 0 fully saturated rings. The summed E-state index contributed by atoms with van der Waals surface area (Å²) in [5.41, 5.74) is 0. The van der Waals surface area contributed by atoms with Gasteiger partial charge in [0, 0.05) is 13.1 Å². The molecule has 0 aromatic carbocycles. The van der Waals surface area contributed by atoms with E-state index in [1.807, 2.05) is 6.92 Å². The van der Waals surface area contributed by atoms with Gasteiger partial charge in [0.25, 0.3) is 10.2 Å². The lowest BCUT2D eigenvalue weighted by atomic mass is 10.3. The number of rotatable bonds is 8. The van der Waals surface area contributed by atoms with E-state index >= 15 is 0 Å². The molecule has 0 amide bonds. The number of aliphatic carboxylic acids is 1. The third-order valence-electron chi connectivity index (χ3n) is 1.54. The Bertz CT molecular complexity index is 290. The Hall–Kier alpha value is -0.700. The van der Waals surface area contributed by atoms with Crippen LogP contribution in [0.3, 0.4) is 0 Å². The maximum absolute atomic E-state index is 11.1. The van der Waals surface area contributed by atoms with Gasteiger partial charge in [-0.05, 0) is 12.8 Å². The maximum atomic E-state index is 11.1. The molecule has 7 nitrogen and oxygen atoms in total. The molecule has 0 saturated heterocycles. The second-order valence-corrected chi connectivity index (χ2v) is 4.52. The highest BCUT2D eigenvalue weighted by atomic mass is 32.2. The zero-order chi connectivity index (χ0) is 11.9. The van der Waals surface area contributed by atoms with Crippen molar-refractivity contribution in [1.82, 2.24) is 9.44 Å². The summed E-state index contributed by atoms with van der Waals surface area (Å²) in [6, 6.07) is 0. The minimum atomic E-state index is -3.57. The van der Waals surface area contributed by atoms with Crippen LogP contribution in [-0.2, 0) is 15.0 Å². The molecule has 0 heterocycles. The lowest BCUT2D eigenvalue weighted by molar-refractivity contribution is -0.146. The normalized spacial score (nSPS) is 13.7. The van der Waals surface area contributed by atoms with Crippen LogP contribution in [0, 0.1) is 0 Å². The number of hydrogen-bond acceptors (Lipinski definition) is 4. The zero-order valence-corrected chi connectivity index (χ0v) is 9.25. The Morgan fingerprint density at radius 2 is 1.87 bits per heavy atom. The lowest BCUT2D eigenvalue weighted by Crippen LogP contribution is -2.38. The summed E-state index contributed by atoms with van der Waals surface area (Å²) in [6.45, 7) is 2.01. The van der Waals surface area contributed by atoms with Crippen LogP contribution in [0.5, 0.6) is 0 Å². The second-order valence-electron chi connectivity index (χ2n) is 2.93. The summed E-state index contributed by atoms with van der Waals surface area (Å²) >= 11 is 0. The van der Waals surface area contributed by atoms with Gasteiger partial charge >= 0.3 is 5.97 Å². The summed E-state index contributed by atoms with van der Waals surface area (Å²) in [4.78, 5) is 10.2. The molecule has 90 valence electrons. The summed E-state index contributed by atoms with van der Waals surface area (Å²) in [5, 5.41) is 17.2. The first-order valence-electron chi connectivity index (χ1n) is 4.54. The molecule has 0 bridgehead atoms. The SMILES string of the molecule is CCCNS(=O)(=O)NCC[C@H](O)C(=O)O. The molecule has 0 aliphatic carbocycles. The smallest absolute Gasteiger partial charge is 0.332 e. The van der Waals surface area contributed by atoms with Crippen LogP contribution in [0.4, 0.5) is 0 Å². The minimum absolute atomic E-state index is 0.119. The van der Waals surface area contributed by atoms with E-state index in [2.05, 4.69) is 9.44 Å². The number of hydrogen-bond donors (Lipinski definition) is 4. The van der Waals surface area contributed by atoms with E-state index in [9.17, 15) is 13.2 Å². The zero-order valence-electron chi connectivity index (χ0n) is 8.43. The van der Waals surface area contributed by atoms with E-state index in [0.717, 1.165) is 0 Å². The van der Waals surface area contributed by atoms with Gasteiger partial charge in [0.2, 0.25) is 0 Å². The molecule has 4 N–H and O–H groups in total. The monoisotopic (exact) mass is 240 g/mol. The first kappa shape index (κ1) is 14.3. The number of carboxylic acid groups (broad SMARTS) is 1. The molecular weight excluding hydrogens is 224 g/mol. The fourth-order valence-corrected chi connectivity index (χ4v) is 1.70. The van der Waals surface area contributed by atoms with Crippen LogP contribution in [-0.4, -0.2) is 43.8 Å². The van der Waals surface area contributed by atoms with E-state index in [4.69, 9.17) is 10.2 Å². The molecule has 1 atom stereocenters. The highest BCUT2D eigenvalue weighted by Crippen LogP contribution is 1.90. The van der Waals surface area contributed by atoms with Crippen LogP contribution in [0.25, 0.3) is 0 Å². The Kier molecular flexibility index (Phi) is 6.41. The van der Waals surface area contributed by atoms with E-state index in [0.29, 0.717) is 13.0 Å². The molecule has 0 aliphatic rings. The van der Waals surface area contributed by atoms with Crippen molar-refractivity contribution in [2.24, 2.45) is 0 Å². The molecule has 0 rings (SSSR count). The minimum Gasteiger partial charge on any atom is -0.479 e. The Morgan fingerprint density at radius 3 is 2.33 bits per heavy atom. The van der Waals surface area contributed by atoms with Crippen LogP contribution in [0.2, 0.25) is 0 Å². The van der Waals surface area contributed by atoms with E-state index in [-0.39, 0.29) is 13.0 Å². The molecule has 0 aliphatic heterocycles. The van der Waals surface area contributed by atoms with Crippen molar-refractivity contribution < 1.29 is 23.4 Å². The molecular formula is C7H16N2O5S. The highest BCUT2D eigenvalue weighted by Gasteiger charge is 2.14. The number of nitrogens with one attached hydrogen (secondary N) is 2. The van der Waals surface area contributed by atoms with Gasteiger partial charge in [-0.15, -0.1) is 0 Å². The molecule has 0 aromatic heterocycles. The van der Waals surface area contributed by atoms with Gasteiger partial charge in [0.1, 0.15) is 0 Å². The van der Waals surface area contributed by atoms with Crippen LogP contribution in [0.15, 0.2) is 0 Å². The van der Waals surface area contributed by atoms with Crippen molar-refractivity contribution in [3.8, 4) is 0 Å². The van der Waals surface area contributed by atoms with Gasteiger partial charge in [0.05, 0.1) is 0 Å². The first-order chi connectivity index (χ1) is 6.89. The number of carboxylic acids is 1. The summed E-state index contributed by atoms with van der Waals surface area (Å²) in [5.74, 6) is -1.37. The van der Waals surface area contributed by atoms with Gasteiger partial charge in [0.15, 0.2) is 6.10 Å². The van der Waals surface area contributed by atoms with E-state index < -0.39 is 22.3 Å². The Labute approximate surface area is 88.7 Å². The second kappa shape index (κ2) is 6.72. The van der Waals surface area contributed by atoms with Gasteiger partial charge in [-0.25, -0.2) is 14.2 Å². The summed E-state index contributed by atoms with van der Waals surface area (Å²) in [6.07, 6.45) is -1.04. The Balaban J connectivity index is 3.80. The quantitative estimate of drug-likeness (QED) is 0.419. The Morgan fingerprint density at radius 1 is 1.33 bits per heavy atom. The molecule has 8 heteroatoms. The summed E-state index contributed by atoms with van der Waals surface area (Å²) in [7, 11) is -3.57. The van der Waals surface area contributed by atoms with Crippen molar-refractivity contribution in [3.05, 3.63) is 0 Å². The standard InChI is InChI=1S/C7H16N2O5S/c1-2-4-8-15(13,14)9-5-3-6(10)7(11)12/h6,8-10H,2-5H2,1H3,(H,11,12)/t6-/m0/s1. The molecule has 0 unspecified atom stereocenters. The molecule has 0 aromatic rings. The third kappa shape index (κ3) is 7.25. The van der Waals surface area contributed by atoms with E-state index in [1.165, 1.54) is 0 Å². The summed E-state index contributed by atoms with van der Waals surface area (Å²) < 4.78 is 26.5. The number of aliphatic hydroxyl groups is 1. The van der Waals surface area contributed by atoms with Crippen LogP contribution >= 0.6 is 0 Å². The number of aliphatic hydroxyl groups excluding tert-OH is 1. The third-order valence-corrected chi connectivity index (χ3v) is 2.71. The first-order valence-corrected chi connectivity index (χ1v) is 6.02. The van der Waals surface area contributed by atoms with Crippen molar-refractivity contribution in [1.29, 1.82) is 0 Å². The predicted octanol–water partition coefficient (Wildman–Crippen LogP) is -1.34. The van der Waals surface area contributed by atoms with Crippen LogP contribution < -0.4 is 9.44 Å². The molecule has 0 spiro atoms. The van der Waals surface area contributed by atoms with Gasteiger partial charge in [-0.1, -0.05) is 6.92 Å². The average Bonchev–Trinajstić information content (AvgIpc) is 2.14. The van der Waals surface area contributed by atoms with Crippen LogP contribution in [0.1, 0.15) is 19.8 Å². The fourth-order valence-electron chi connectivity index (χ4n) is 0.741. The maximum Gasteiger partial charge on any atom is 0.332 e. The van der Waals surface area contributed by atoms with Crippen molar-refractivity contribution in [2.45, 2.75) is 25.9 Å². The largest absolute Gasteiger partial charge is 0.479 e. The topological polar surface area (TPSA) is 116 Å². The molecule has 0 radical (unpaired) electrons. The van der Waals surface area contributed by atoms with Gasteiger partial charge < -0.3 is 10.2 Å². The fraction of sp³-hybridized carbons (Fsp3) is 0.857. The van der Waals surface area contributed by atoms with Gasteiger partial charge in [-0.2, -0.15) is 8.42 Å². The predicted molar refractivity (Wildman–Crippen MR) is 53.5 cm³/mol. The molecule has 15 heavy (non-hydrogen) atoms. The van der Waals surface area contributed by atoms with Gasteiger partial charge in [-0.3, -0.25) is 0 Å². The lowest BCUT2D eigenvalue weighted by Gasteiger charge is -2.08.